The van der Waals surface area contributed by atoms with Gasteiger partial charge in [0, 0.05) is 26.2 Å². The normalized spacial score (nSPS) is 10.0. The summed E-state index contributed by atoms with van der Waals surface area (Å²) in [5, 5.41) is 0. The van der Waals surface area contributed by atoms with E-state index in [4.69, 9.17) is 4.80 Å². The molecule has 0 aromatic rings. The fourth-order valence-electron chi connectivity index (χ4n) is 0. The maximum Gasteiger partial charge on any atom is 0.179 e. The fourth-order valence-corrected chi connectivity index (χ4v) is 0. The molecule has 0 unspecified atom stereocenters. The topological polar surface area (TPSA) is 20.2 Å². The van der Waals surface area contributed by atoms with Crippen LogP contribution in [-0.2, 0) is 26.2 Å². The van der Waals surface area contributed by atoms with Crippen molar-refractivity contribution in [2.24, 2.45) is 0 Å². The van der Waals surface area contributed by atoms with Gasteiger partial charge >= 0.3 is 0 Å². The first-order valence-corrected chi connectivity index (χ1v) is 5.17. The van der Waals surface area contributed by atoms with Crippen LogP contribution in [0.15, 0.2) is 0 Å². The second-order valence-corrected chi connectivity index (χ2v) is 6.51. The fraction of sp³-hybridized carbons (Fsp3) is 1.00. The van der Waals surface area contributed by atoms with E-state index in [1.807, 2.05) is 19.6 Å². The summed E-state index contributed by atoms with van der Waals surface area (Å²) in [6, 6.07) is 0. The Kier molecular flexibility index (Phi) is 5.25. The molecular formula is C3H10OSiZr. The Morgan fingerprint density at radius 1 is 1.17 bits per heavy atom. The molecule has 0 aromatic carbocycles. The third kappa shape index (κ3) is 74.2. The number of hydrogen-bond acceptors (Lipinski definition) is 1. The van der Waals surface area contributed by atoms with E-state index in [2.05, 4.69) is 0 Å². The van der Waals surface area contributed by atoms with Gasteiger partial charge in [-0.05, 0) is 19.6 Å². The molecule has 0 atom stereocenters. The van der Waals surface area contributed by atoms with Crippen LogP contribution in [0, 0.1) is 0 Å². The average molecular weight is 181 g/mol. The minimum Gasteiger partial charge on any atom is -0.433 e. The van der Waals surface area contributed by atoms with Gasteiger partial charge in [-0.3, -0.25) is 0 Å². The van der Waals surface area contributed by atoms with Crippen LogP contribution in [0.1, 0.15) is 0 Å². The van der Waals surface area contributed by atoms with Crippen LogP contribution in [0.3, 0.4) is 0 Å². The zero-order chi connectivity index (χ0) is 4.50. The quantitative estimate of drug-likeness (QED) is 0.549. The third-order valence-electron chi connectivity index (χ3n) is 0. The van der Waals surface area contributed by atoms with Crippen molar-refractivity contribution in [2.75, 3.05) is 0 Å². The van der Waals surface area contributed by atoms with Crippen LogP contribution in [0.2, 0.25) is 19.6 Å². The van der Waals surface area contributed by atoms with Crippen molar-refractivity contribution in [1.82, 2.24) is 0 Å². The van der Waals surface area contributed by atoms with Gasteiger partial charge in [0.1, 0.15) is 0 Å². The van der Waals surface area contributed by atoms with Gasteiger partial charge in [0.05, 0.1) is 0 Å². The maximum atomic E-state index is 8.66. The molecule has 0 aliphatic heterocycles. The molecule has 1 nitrogen and oxygen atoms in total. The van der Waals surface area contributed by atoms with Crippen LogP contribution in [0.25, 0.3) is 0 Å². The Morgan fingerprint density at radius 3 is 1.17 bits per heavy atom. The smallest absolute Gasteiger partial charge is 0.179 e. The van der Waals surface area contributed by atoms with Crippen LogP contribution in [-0.4, -0.2) is 13.1 Å². The van der Waals surface area contributed by atoms with Gasteiger partial charge in [-0.2, -0.15) is 0 Å². The van der Waals surface area contributed by atoms with E-state index < -0.39 is 8.32 Å². The summed E-state index contributed by atoms with van der Waals surface area (Å²) >= 11 is 0. The predicted octanol–water partition coefficient (Wildman–Crippen LogP) is 0.811. The SMILES string of the molecule is C[Si](C)(C)O.[Zr]. The van der Waals surface area contributed by atoms with E-state index >= 15 is 0 Å². The maximum absolute atomic E-state index is 8.66. The monoisotopic (exact) mass is 180 g/mol. The summed E-state index contributed by atoms with van der Waals surface area (Å²) < 4.78 is 0. The second-order valence-electron chi connectivity index (χ2n) is 2.17. The molecule has 3 heteroatoms. The Balaban J connectivity index is 0. The van der Waals surface area contributed by atoms with Crippen LogP contribution in [0.5, 0.6) is 0 Å². The first-order chi connectivity index (χ1) is 2.00. The zero-order valence-electron chi connectivity index (χ0n) is 4.45. The second kappa shape index (κ2) is 3.11. The molecule has 0 amide bonds. The van der Waals surface area contributed by atoms with Gasteiger partial charge in [-0.15, -0.1) is 0 Å². The standard InChI is InChI=1S/C3H10OSi.Zr/c1-5(2,3)4;/h4H,1-3H3;. The van der Waals surface area contributed by atoms with Gasteiger partial charge in [0.15, 0.2) is 8.32 Å². The zero-order valence-corrected chi connectivity index (χ0v) is 7.91. The third-order valence-corrected chi connectivity index (χ3v) is 0. The van der Waals surface area contributed by atoms with Crippen molar-refractivity contribution < 1.29 is 31.0 Å². The average Bonchev–Trinajstić information content (AvgIpc) is 0.722. The molecule has 0 rings (SSSR count). The predicted molar refractivity (Wildman–Crippen MR) is 25.6 cm³/mol. The van der Waals surface area contributed by atoms with Gasteiger partial charge in [0.25, 0.3) is 0 Å². The molecule has 0 aliphatic rings. The summed E-state index contributed by atoms with van der Waals surface area (Å²) in [7, 11) is -1.61. The number of rotatable bonds is 0. The van der Waals surface area contributed by atoms with Crippen molar-refractivity contribution in [1.29, 1.82) is 0 Å². The molecule has 0 fully saturated rings. The van der Waals surface area contributed by atoms with E-state index in [1.54, 1.807) is 0 Å². The summed E-state index contributed by atoms with van der Waals surface area (Å²) in [5.74, 6) is 0. The molecule has 0 radical (unpaired) electrons. The van der Waals surface area contributed by atoms with Gasteiger partial charge in [0.2, 0.25) is 0 Å². The molecule has 0 heterocycles. The van der Waals surface area contributed by atoms with Crippen LogP contribution >= 0.6 is 0 Å². The summed E-state index contributed by atoms with van der Waals surface area (Å²) in [6.45, 7) is 5.65. The molecule has 0 saturated heterocycles. The van der Waals surface area contributed by atoms with Crippen molar-refractivity contribution in [2.45, 2.75) is 19.6 Å². The molecular weight excluding hydrogens is 171 g/mol. The molecule has 0 bridgehead atoms. The Morgan fingerprint density at radius 2 is 1.17 bits per heavy atom. The van der Waals surface area contributed by atoms with Crippen molar-refractivity contribution in [3.8, 4) is 0 Å². The van der Waals surface area contributed by atoms with Crippen LogP contribution in [0.4, 0.5) is 0 Å². The largest absolute Gasteiger partial charge is 0.433 e. The number of hydrogen-bond donors (Lipinski definition) is 1. The Hall–Kier alpha value is 1.06. The molecule has 1 N–H and O–H groups in total. The minimum atomic E-state index is -1.61. The molecule has 6 heavy (non-hydrogen) atoms. The minimum absolute atomic E-state index is 0. The van der Waals surface area contributed by atoms with Crippen molar-refractivity contribution >= 4 is 8.32 Å². The van der Waals surface area contributed by atoms with E-state index in [-0.39, 0.29) is 26.2 Å². The Labute approximate surface area is 59.0 Å². The summed E-state index contributed by atoms with van der Waals surface area (Å²) in [4.78, 5) is 8.66. The molecule has 0 aromatic heterocycles. The molecule has 0 spiro atoms. The molecule has 0 saturated carbocycles. The van der Waals surface area contributed by atoms with Gasteiger partial charge in [-0.25, -0.2) is 0 Å². The summed E-state index contributed by atoms with van der Waals surface area (Å²) in [6.07, 6.45) is 0. The first-order valence-electron chi connectivity index (χ1n) is 1.72. The van der Waals surface area contributed by atoms with Crippen LogP contribution < -0.4 is 0 Å². The summed E-state index contributed by atoms with van der Waals surface area (Å²) in [5.41, 5.74) is 0. The first kappa shape index (κ1) is 10.1. The Bertz CT molecular complexity index is 26.3. The van der Waals surface area contributed by atoms with E-state index in [0.717, 1.165) is 0 Å². The van der Waals surface area contributed by atoms with Crippen molar-refractivity contribution in [3.63, 3.8) is 0 Å². The van der Waals surface area contributed by atoms with E-state index in [1.165, 1.54) is 0 Å². The van der Waals surface area contributed by atoms with Gasteiger partial charge in [-0.1, -0.05) is 0 Å². The van der Waals surface area contributed by atoms with E-state index in [9.17, 15) is 0 Å². The van der Waals surface area contributed by atoms with Crippen molar-refractivity contribution in [3.05, 3.63) is 0 Å². The molecule has 0 aliphatic carbocycles. The molecule has 36 valence electrons. The van der Waals surface area contributed by atoms with E-state index in [0.29, 0.717) is 0 Å². The van der Waals surface area contributed by atoms with Gasteiger partial charge < -0.3 is 4.80 Å².